The van der Waals surface area contributed by atoms with Gasteiger partial charge in [0.1, 0.15) is 0 Å². The zero-order valence-corrected chi connectivity index (χ0v) is 11.4. The number of amides is 1. The van der Waals surface area contributed by atoms with Crippen LogP contribution >= 0.6 is 0 Å². The second kappa shape index (κ2) is 6.81. The van der Waals surface area contributed by atoms with Crippen molar-refractivity contribution in [2.75, 3.05) is 13.7 Å². The first-order valence-corrected chi connectivity index (χ1v) is 6.31. The minimum atomic E-state index is -0.844. The van der Waals surface area contributed by atoms with Gasteiger partial charge in [0.05, 0.1) is 23.9 Å². The van der Waals surface area contributed by atoms with E-state index in [1.807, 2.05) is 0 Å². The highest BCUT2D eigenvalue weighted by atomic mass is 19.1. The molecule has 0 aliphatic heterocycles. The zero-order chi connectivity index (χ0) is 15.2. The van der Waals surface area contributed by atoms with Crippen molar-refractivity contribution in [1.29, 1.82) is 0 Å². The predicted molar refractivity (Wildman–Crippen MR) is 74.4 cm³/mol. The minimum absolute atomic E-state index is 0.132. The number of ether oxygens (including phenoxy) is 1. The number of carbonyl (C=O) groups excluding carboxylic acids is 1. The van der Waals surface area contributed by atoms with E-state index in [0.717, 1.165) is 6.07 Å². The van der Waals surface area contributed by atoms with Gasteiger partial charge >= 0.3 is 0 Å². The molecule has 0 unspecified atom stereocenters. The van der Waals surface area contributed by atoms with Crippen LogP contribution in [0.1, 0.15) is 22.1 Å². The molecule has 1 amide bonds. The summed E-state index contributed by atoms with van der Waals surface area (Å²) in [5.41, 5.74) is 0.482. The molecule has 0 fully saturated rings. The van der Waals surface area contributed by atoms with Crippen LogP contribution in [-0.4, -0.2) is 29.7 Å². The lowest BCUT2D eigenvalue weighted by molar-refractivity contribution is 0.0891. The lowest BCUT2D eigenvalue weighted by atomic mass is 10.1. The highest BCUT2D eigenvalue weighted by Crippen LogP contribution is 2.21. The summed E-state index contributed by atoms with van der Waals surface area (Å²) in [6.45, 7) is 0.207. The molecule has 6 heteroatoms. The molecule has 5 nitrogen and oxygen atoms in total. The molecule has 0 saturated heterocycles. The quantitative estimate of drug-likeness (QED) is 0.884. The number of rotatable bonds is 5. The third kappa shape index (κ3) is 3.55. The molecule has 21 heavy (non-hydrogen) atoms. The highest BCUT2D eigenvalue weighted by Gasteiger charge is 2.20. The van der Waals surface area contributed by atoms with E-state index in [1.165, 1.54) is 19.2 Å². The maximum Gasteiger partial charge on any atom is 0.255 e. The van der Waals surface area contributed by atoms with Crippen LogP contribution < -0.4 is 5.32 Å². The molecular formula is C15H15FN2O3. The number of methoxy groups -OCH3 is 1. The molecule has 1 atom stereocenters. The van der Waals surface area contributed by atoms with E-state index < -0.39 is 23.5 Å². The van der Waals surface area contributed by atoms with Gasteiger partial charge in [-0.15, -0.1) is 0 Å². The molecule has 1 aromatic carbocycles. The molecule has 0 aliphatic carbocycles. The maximum absolute atomic E-state index is 13.3. The van der Waals surface area contributed by atoms with E-state index in [9.17, 15) is 14.3 Å². The number of phenols is 1. The number of carbonyl (C=O) groups is 1. The Kier molecular flexibility index (Phi) is 4.84. The number of hydrogen-bond acceptors (Lipinski definition) is 4. The summed E-state index contributed by atoms with van der Waals surface area (Å²) in [6, 6.07) is 8.58. The van der Waals surface area contributed by atoms with Gasteiger partial charge in [-0.05, 0) is 24.3 Å². The molecule has 0 spiro atoms. The third-order valence-corrected chi connectivity index (χ3v) is 2.91. The summed E-state index contributed by atoms with van der Waals surface area (Å²) in [5, 5.41) is 12.3. The Labute approximate surface area is 121 Å². The standard InChI is InChI=1S/C15H15FN2O3/c1-21-9-13(12-7-2-3-8-17-12)18-15(20)10-5-4-6-11(16)14(10)19/h2-8,13,19H,9H2,1H3,(H,18,20)/t13-/m1/s1. The molecular weight excluding hydrogens is 275 g/mol. The van der Waals surface area contributed by atoms with Crippen LogP contribution in [0.3, 0.4) is 0 Å². The highest BCUT2D eigenvalue weighted by molar-refractivity contribution is 5.97. The van der Waals surface area contributed by atoms with Gasteiger partial charge in [-0.2, -0.15) is 0 Å². The van der Waals surface area contributed by atoms with Crippen molar-refractivity contribution in [3.63, 3.8) is 0 Å². The second-order valence-electron chi connectivity index (χ2n) is 4.37. The van der Waals surface area contributed by atoms with E-state index >= 15 is 0 Å². The first-order valence-electron chi connectivity index (χ1n) is 6.31. The number of halogens is 1. The van der Waals surface area contributed by atoms with Crippen LogP contribution in [0.2, 0.25) is 0 Å². The number of phenolic OH excluding ortho intramolecular Hbond substituents is 1. The van der Waals surface area contributed by atoms with Crippen molar-refractivity contribution in [3.8, 4) is 5.75 Å². The molecule has 1 heterocycles. The Hall–Kier alpha value is -2.47. The van der Waals surface area contributed by atoms with Crippen molar-refractivity contribution in [2.45, 2.75) is 6.04 Å². The van der Waals surface area contributed by atoms with Crippen LogP contribution in [0, 0.1) is 5.82 Å². The van der Waals surface area contributed by atoms with Gasteiger partial charge in [0.2, 0.25) is 0 Å². The fourth-order valence-electron chi connectivity index (χ4n) is 1.88. The minimum Gasteiger partial charge on any atom is -0.504 e. The first-order chi connectivity index (χ1) is 10.1. The summed E-state index contributed by atoms with van der Waals surface area (Å²) in [5.74, 6) is -2.12. The van der Waals surface area contributed by atoms with Crippen LogP contribution in [0.15, 0.2) is 42.6 Å². The average molecular weight is 290 g/mol. The topological polar surface area (TPSA) is 71.5 Å². The van der Waals surface area contributed by atoms with E-state index in [0.29, 0.717) is 5.69 Å². The molecule has 0 saturated carbocycles. The molecule has 1 aromatic heterocycles. The fraction of sp³-hybridized carbons (Fsp3) is 0.200. The van der Waals surface area contributed by atoms with Crippen LogP contribution in [0.5, 0.6) is 5.75 Å². The van der Waals surface area contributed by atoms with Gasteiger partial charge in [0.15, 0.2) is 11.6 Å². The second-order valence-corrected chi connectivity index (χ2v) is 4.37. The summed E-state index contributed by atoms with van der Waals surface area (Å²) in [7, 11) is 1.50. The predicted octanol–water partition coefficient (Wildman–Crippen LogP) is 2.04. The lowest BCUT2D eigenvalue weighted by Crippen LogP contribution is -2.32. The van der Waals surface area contributed by atoms with Gasteiger partial charge in [-0.3, -0.25) is 9.78 Å². The van der Waals surface area contributed by atoms with E-state index in [4.69, 9.17) is 4.74 Å². The Morgan fingerprint density at radius 1 is 1.38 bits per heavy atom. The van der Waals surface area contributed by atoms with Gasteiger partial charge in [0, 0.05) is 13.3 Å². The molecule has 2 aromatic rings. The SMILES string of the molecule is COC[C@@H](NC(=O)c1cccc(F)c1O)c1ccccn1. The summed E-state index contributed by atoms with van der Waals surface area (Å²) in [6.07, 6.45) is 1.60. The maximum atomic E-state index is 13.3. The normalized spacial score (nSPS) is 11.9. The largest absolute Gasteiger partial charge is 0.504 e. The Balaban J connectivity index is 2.21. The number of pyridine rings is 1. The molecule has 0 bridgehead atoms. The first kappa shape index (κ1) is 14.9. The third-order valence-electron chi connectivity index (χ3n) is 2.91. The summed E-state index contributed by atoms with van der Waals surface area (Å²) < 4.78 is 18.3. The lowest BCUT2D eigenvalue weighted by Gasteiger charge is -2.17. The Bertz CT molecular complexity index is 620. The number of para-hydroxylation sites is 1. The van der Waals surface area contributed by atoms with Gasteiger partial charge < -0.3 is 15.2 Å². The number of aromatic hydroxyl groups is 1. The summed E-state index contributed by atoms with van der Waals surface area (Å²) >= 11 is 0. The van der Waals surface area contributed by atoms with Crippen LogP contribution in [0.4, 0.5) is 4.39 Å². The Morgan fingerprint density at radius 3 is 2.86 bits per heavy atom. The summed E-state index contributed by atoms with van der Waals surface area (Å²) in [4.78, 5) is 16.3. The van der Waals surface area contributed by atoms with Gasteiger partial charge in [-0.1, -0.05) is 12.1 Å². The zero-order valence-electron chi connectivity index (χ0n) is 11.4. The van der Waals surface area contributed by atoms with Crippen LogP contribution in [-0.2, 0) is 4.74 Å². The number of nitrogens with one attached hydrogen (secondary N) is 1. The van der Waals surface area contributed by atoms with E-state index in [-0.39, 0.29) is 12.2 Å². The van der Waals surface area contributed by atoms with Crippen molar-refractivity contribution < 1.29 is 19.0 Å². The average Bonchev–Trinajstić information content (AvgIpc) is 2.50. The number of benzene rings is 1. The van der Waals surface area contributed by atoms with Gasteiger partial charge in [0.25, 0.3) is 5.91 Å². The Morgan fingerprint density at radius 2 is 2.19 bits per heavy atom. The van der Waals surface area contributed by atoms with Crippen molar-refractivity contribution in [1.82, 2.24) is 10.3 Å². The van der Waals surface area contributed by atoms with E-state index in [1.54, 1.807) is 24.4 Å². The van der Waals surface area contributed by atoms with Crippen LogP contribution in [0.25, 0.3) is 0 Å². The van der Waals surface area contributed by atoms with Gasteiger partial charge in [-0.25, -0.2) is 4.39 Å². The monoisotopic (exact) mass is 290 g/mol. The number of hydrogen-bond donors (Lipinski definition) is 2. The molecule has 2 rings (SSSR count). The van der Waals surface area contributed by atoms with Crippen molar-refractivity contribution in [3.05, 3.63) is 59.7 Å². The van der Waals surface area contributed by atoms with Crippen molar-refractivity contribution >= 4 is 5.91 Å². The molecule has 110 valence electrons. The number of nitrogens with zero attached hydrogens (tertiary/aromatic N) is 1. The molecule has 0 aliphatic rings. The van der Waals surface area contributed by atoms with Crippen molar-refractivity contribution in [2.24, 2.45) is 0 Å². The van der Waals surface area contributed by atoms with E-state index in [2.05, 4.69) is 10.3 Å². The fourth-order valence-corrected chi connectivity index (χ4v) is 1.88. The molecule has 2 N–H and O–H groups in total. The smallest absolute Gasteiger partial charge is 0.255 e. The number of aromatic nitrogens is 1. The molecule has 0 radical (unpaired) electrons.